The molecule has 104 valence electrons. The Labute approximate surface area is 116 Å². The third kappa shape index (κ3) is 2.77. The van der Waals surface area contributed by atoms with Gasteiger partial charge < -0.3 is 16.0 Å². The summed E-state index contributed by atoms with van der Waals surface area (Å²) < 4.78 is 0. The molecule has 1 aliphatic carbocycles. The van der Waals surface area contributed by atoms with E-state index in [0.29, 0.717) is 12.1 Å². The maximum absolute atomic E-state index is 5.86. The van der Waals surface area contributed by atoms with E-state index in [0.717, 1.165) is 12.2 Å². The lowest BCUT2D eigenvalue weighted by Gasteiger charge is -2.33. The first-order chi connectivity index (χ1) is 9.24. The highest BCUT2D eigenvalue weighted by Crippen LogP contribution is 2.32. The van der Waals surface area contributed by atoms with Crippen molar-refractivity contribution in [2.45, 2.75) is 44.2 Å². The fourth-order valence-corrected chi connectivity index (χ4v) is 3.53. The molecule has 2 atom stereocenters. The van der Waals surface area contributed by atoms with Gasteiger partial charge in [0.25, 0.3) is 0 Å². The summed E-state index contributed by atoms with van der Waals surface area (Å²) in [7, 11) is 2.26. The number of benzene rings is 1. The summed E-state index contributed by atoms with van der Waals surface area (Å²) in [6, 6.07) is 7.63. The zero-order valence-electron chi connectivity index (χ0n) is 11.9. The molecule has 1 saturated heterocycles. The van der Waals surface area contributed by atoms with Crippen LogP contribution in [0.25, 0.3) is 0 Å². The molecule has 0 radical (unpaired) electrons. The lowest BCUT2D eigenvalue weighted by Crippen LogP contribution is -2.43. The van der Waals surface area contributed by atoms with Crippen LogP contribution in [0.5, 0.6) is 0 Å². The molecule has 0 bridgehead atoms. The number of fused-ring (bicyclic) bond motifs is 1. The van der Waals surface area contributed by atoms with Gasteiger partial charge in [0.2, 0.25) is 0 Å². The Morgan fingerprint density at radius 1 is 1.32 bits per heavy atom. The number of piperidine rings is 1. The summed E-state index contributed by atoms with van der Waals surface area (Å²) in [6.07, 6.45) is 6.46. The van der Waals surface area contributed by atoms with E-state index in [1.807, 2.05) is 6.07 Å². The van der Waals surface area contributed by atoms with Gasteiger partial charge in [0, 0.05) is 24.3 Å². The molecule has 1 aliphatic heterocycles. The number of likely N-dealkylation sites (tertiary alicyclic amines) is 1. The van der Waals surface area contributed by atoms with E-state index in [4.69, 9.17) is 5.73 Å². The summed E-state index contributed by atoms with van der Waals surface area (Å²) >= 11 is 0. The Morgan fingerprint density at radius 2 is 2.21 bits per heavy atom. The molecule has 1 aromatic carbocycles. The molecule has 3 N–H and O–H groups in total. The second kappa shape index (κ2) is 5.51. The maximum atomic E-state index is 5.86. The van der Waals surface area contributed by atoms with Gasteiger partial charge in [-0.05, 0) is 62.5 Å². The molecule has 1 heterocycles. The second-order valence-electron chi connectivity index (χ2n) is 6.09. The normalized spacial score (nSPS) is 27.4. The molecule has 3 rings (SSSR count). The topological polar surface area (TPSA) is 41.3 Å². The number of anilines is 1. The Kier molecular flexibility index (Phi) is 3.76. The Bertz CT molecular complexity index is 444. The maximum Gasteiger partial charge on any atom is 0.0326 e. The van der Waals surface area contributed by atoms with Crippen LogP contribution in [-0.4, -0.2) is 31.1 Å². The SMILES string of the molecule is CN1CCCCC1CNC1CCc2cc(N)ccc21. The molecule has 19 heavy (non-hydrogen) atoms. The molecule has 2 aliphatic rings. The van der Waals surface area contributed by atoms with Crippen molar-refractivity contribution in [1.82, 2.24) is 10.2 Å². The van der Waals surface area contributed by atoms with E-state index in [-0.39, 0.29) is 0 Å². The molecular weight excluding hydrogens is 234 g/mol. The first-order valence-electron chi connectivity index (χ1n) is 7.56. The van der Waals surface area contributed by atoms with Crippen LogP contribution in [0.4, 0.5) is 5.69 Å². The molecule has 0 amide bonds. The van der Waals surface area contributed by atoms with Crippen molar-refractivity contribution in [3.63, 3.8) is 0 Å². The quantitative estimate of drug-likeness (QED) is 0.819. The van der Waals surface area contributed by atoms with Crippen molar-refractivity contribution in [2.75, 3.05) is 25.9 Å². The second-order valence-corrected chi connectivity index (χ2v) is 6.09. The Hall–Kier alpha value is -1.06. The van der Waals surface area contributed by atoms with Crippen LogP contribution in [0.2, 0.25) is 0 Å². The molecule has 1 fully saturated rings. The summed E-state index contributed by atoms with van der Waals surface area (Å²) in [4.78, 5) is 2.51. The molecule has 0 aromatic heterocycles. The minimum Gasteiger partial charge on any atom is -0.399 e. The van der Waals surface area contributed by atoms with Crippen LogP contribution in [0.3, 0.4) is 0 Å². The molecule has 0 saturated carbocycles. The van der Waals surface area contributed by atoms with Crippen molar-refractivity contribution < 1.29 is 0 Å². The van der Waals surface area contributed by atoms with Gasteiger partial charge in [-0.3, -0.25) is 0 Å². The van der Waals surface area contributed by atoms with Crippen molar-refractivity contribution in [2.24, 2.45) is 0 Å². The molecule has 3 nitrogen and oxygen atoms in total. The first-order valence-corrected chi connectivity index (χ1v) is 7.56. The summed E-state index contributed by atoms with van der Waals surface area (Å²) in [5.74, 6) is 0. The molecule has 2 unspecified atom stereocenters. The van der Waals surface area contributed by atoms with E-state index in [2.05, 4.69) is 29.4 Å². The zero-order chi connectivity index (χ0) is 13.2. The molecule has 1 aromatic rings. The standard InChI is InChI=1S/C16H25N3/c1-19-9-3-2-4-14(19)11-18-16-8-5-12-10-13(17)6-7-15(12)16/h6-7,10,14,16,18H,2-5,8-9,11,17H2,1H3. The Balaban J connectivity index is 1.60. The van der Waals surface area contributed by atoms with Crippen molar-refractivity contribution in [3.05, 3.63) is 29.3 Å². The highest BCUT2D eigenvalue weighted by molar-refractivity contribution is 5.47. The minimum absolute atomic E-state index is 0.533. The smallest absolute Gasteiger partial charge is 0.0326 e. The van der Waals surface area contributed by atoms with Crippen LogP contribution >= 0.6 is 0 Å². The number of nitrogens with two attached hydrogens (primary N) is 1. The van der Waals surface area contributed by atoms with Gasteiger partial charge in [-0.2, -0.15) is 0 Å². The van der Waals surface area contributed by atoms with Crippen LogP contribution in [0, 0.1) is 0 Å². The van der Waals surface area contributed by atoms with E-state index in [1.165, 1.54) is 49.8 Å². The highest BCUT2D eigenvalue weighted by Gasteiger charge is 2.24. The zero-order valence-corrected chi connectivity index (χ0v) is 11.9. The van der Waals surface area contributed by atoms with Crippen molar-refractivity contribution in [1.29, 1.82) is 0 Å². The van der Waals surface area contributed by atoms with E-state index < -0.39 is 0 Å². The lowest BCUT2D eigenvalue weighted by molar-refractivity contribution is 0.177. The van der Waals surface area contributed by atoms with E-state index in [1.54, 1.807) is 0 Å². The number of aryl methyl sites for hydroxylation is 1. The largest absolute Gasteiger partial charge is 0.399 e. The number of hydrogen-bond donors (Lipinski definition) is 2. The predicted molar refractivity (Wildman–Crippen MR) is 80.2 cm³/mol. The van der Waals surface area contributed by atoms with Crippen LogP contribution in [0.1, 0.15) is 42.9 Å². The van der Waals surface area contributed by atoms with E-state index in [9.17, 15) is 0 Å². The van der Waals surface area contributed by atoms with Gasteiger partial charge in [-0.15, -0.1) is 0 Å². The number of nitrogen functional groups attached to an aromatic ring is 1. The molecular formula is C16H25N3. The van der Waals surface area contributed by atoms with Gasteiger partial charge in [0.05, 0.1) is 0 Å². The Morgan fingerprint density at radius 3 is 3.05 bits per heavy atom. The number of hydrogen-bond acceptors (Lipinski definition) is 3. The minimum atomic E-state index is 0.533. The van der Waals surface area contributed by atoms with Crippen LogP contribution in [0.15, 0.2) is 18.2 Å². The third-order valence-corrected chi connectivity index (χ3v) is 4.77. The number of likely N-dealkylation sites (N-methyl/N-ethyl adjacent to an activating group) is 1. The lowest BCUT2D eigenvalue weighted by atomic mass is 10.0. The fourth-order valence-electron chi connectivity index (χ4n) is 3.53. The average molecular weight is 259 g/mol. The fraction of sp³-hybridized carbons (Fsp3) is 0.625. The summed E-state index contributed by atoms with van der Waals surface area (Å²) in [5, 5.41) is 3.77. The van der Waals surface area contributed by atoms with Crippen LogP contribution in [-0.2, 0) is 6.42 Å². The van der Waals surface area contributed by atoms with Crippen molar-refractivity contribution in [3.8, 4) is 0 Å². The van der Waals surface area contributed by atoms with Crippen LogP contribution < -0.4 is 11.1 Å². The third-order valence-electron chi connectivity index (χ3n) is 4.77. The van der Waals surface area contributed by atoms with Gasteiger partial charge in [0.1, 0.15) is 0 Å². The first kappa shape index (κ1) is 12.9. The van der Waals surface area contributed by atoms with Gasteiger partial charge >= 0.3 is 0 Å². The molecule has 0 spiro atoms. The molecule has 3 heteroatoms. The predicted octanol–water partition coefficient (Wildman–Crippen LogP) is 2.33. The summed E-state index contributed by atoms with van der Waals surface area (Å²) in [5.41, 5.74) is 9.66. The summed E-state index contributed by atoms with van der Waals surface area (Å²) in [6.45, 7) is 2.37. The number of rotatable bonds is 3. The van der Waals surface area contributed by atoms with Gasteiger partial charge in [-0.1, -0.05) is 12.5 Å². The van der Waals surface area contributed by atoms with E-state index >= 15 is 0 Å². The van der Waals surface area contributed by atoms with Gasteiger partial charge in [-0.25, -0.2) is 0 Å². The number of nitrogens with one attached hydrogen (secondary N) is 1. The average Bonchev–Trinajstić information content (AvgIpc) is 2.80. The number of nitrogens with zero attached hydrogens (tertiary/aromatic N) is 1. The monoisotopic (exact) mass is 259 g/mol. The van der Waals surface area contributed by atoms with Crippen molar-refractivity contribution >= 4 is 5.69 Å². The highest BCUT2D eigenvalue weighted by atomic mass is 15.2. The van der Waals surface area contributed by atoms with Gasteiger partial charge in [0.15, 0.2) is 0 Å².